The second-order valence-electron chi connectivity index (χ2n) is 7.66. The zero-order valence-electron chi connectivity index (χ0n) is 17.8. The molecule has 0 spiro atoms. The van der Waals surface area contributed by atoms with Crippen molar-refractivity contribution in [2.45, 2.75) is 25.4 Å². The minimum absolute atomic E-state index is 0.145. The highest BCUT2D eigenvalue weighted by Gasteiger charge is 2.17. The molecule has 1 atom stereocenters. The number of halogens is 1. The molecule has 32 heavy (non-hydrogen) atoms. The number of benzene rings is 3. The molecule has 1 unspecified atom stereocenters. The fraction of sp³-hybridized carbons (Fsp3) is 0.269. The molecular weight excluding hydrogens is 470 g/mol. The van der Waals surface area contributed by atoms with Gasteiger partial charge in [-0.05, 0) is 64.7 Å². The molecule has 0 aromatic heterocycles. The van der Waals surface area contributed by atoms with Crippen LogP contribution in [0.3, 0.4) is 0 Å². The monoisotopic (exact) mass is 495 g/mol. The summed E-state index contributed by atoms with van der Waals surface area (Å²) in [7, 11) is 0. The molecule has 3 aromatic carbocycles. The Kier molecular flexibility index (Phi) is 7.80. The van der Waals surface area contributed by atoms with Crippen LogP contribution in [0.4, 0.5) is 5.69 Å². The topological polar surface area (TPSA) is 56.8 Å². The van der Waals surface area contributed by atoms with Gasteiger partial charge in [-0.1, -0.05) is 36.4 Å². The van der Waals surface area contributed by atoms with E-state index in [1.54, 1.807) is 18.2 Å². The first kappa shape index (κ1) is 22.4. The maximum absolute atomic E-state index is 12.7. The van der Waals surface area contributed by atoms with E-state index < -0.39 is 0 Å². The summed E-state index contributed by atoms with van der Waals surface area (Å²) in [5.41, 5.74) is 2.45. The Morgan fingerprint density at radius 3 is 2.69 bits per heavy atom. The number of anilines is 1. The summed E-state index contributed by atoms with van der Waals surface area (Å²) in [6, 6.07) is 23.0. The van der Waals surface area contributed by atoms with Crippen LogP contribution < -0.4 is 14.8 Å². The molecule has 0 radical (unpaired) electrons. The van der Waals surface area contributed by atoms with Crippen LogP contribution in [-0.2, 0) is 11.2 Å². The number of carbonyl (C=O) groups is 1. The van der Waals surface area contributed by atoms with E-state index in [-0.39, 0.29) is 12.0 Å². The van der Waals surface area contributed by atoms with Crippen molar-refractivity contribution < 1.29 is 19.0 Å². The molecule has 166 valence electrons. The second-order valence-corrected chi connectivity index (χ2v) is 8.51. The predicted molar refractivity (Wildman–Crippen MR) is 129 cm³/mol. The third kappa shape index (κ3) is 6.34. The molecule has 1 aliphatic heterocycles. The summed E-state index contributed by atoms with van der Waals surface area (Å²) < 4.78 is 18.0. The van der Waals surface area contributed by atoms with Gasteiger partial charge < -0.3 is 19.5 Å². The number of ether oxygens (including phenoxy) is 3. The van der Waals surface area contributed by atoms with E-state index in [0.717, 1.165) is 36.1 Å². The fourth-order valence-corrected chi connectivity index (χ4v) is 4.01. The van der Waals surface area contributed by atoms with Gasteiger partial charge in [0.05, 0.1) is 17.2 Å². The van der Waals surface area contributed by atoms with Gasteiger partial charge in [-0.15, -0.1) is 0 Å². The molecule has 1 amide bonds. The first-order valence-corrected chi connectivity index (χ1v) is 11.6. The van der Waals surface area contributed by atoms with Crippen molar-refractivity contribution in [2.75, 3.05) is 25.1 Å². The largest absolute Gasteiger partial charge is 0.493 e. The number of hydrogen-bond donors (Lipinski definition) is 1. The van der Waals surface area contributed by atoms with E-state index >= 15 is 0 Å². The third-order valence-corrected chi connectivity index (χ3v) is 5.86. The lowest BCUT2D eigenvalue weighted by molar-refractivity contribution is 0.0677. The maximum atomic E-state index is 12.7. The van der Waals surface area contributed by atoms with E-state index in [2.05, 4.69) is 33.4 Å². The fourth-order valence-electron chi connectivity index (χ4n) is 3.52. The summed E-state index contributed by atoms with van der Waals surface area (Å²) in [5, 5.41) is 2.93. The first-order valence-electron chi connectivity index (χ1n) is 10.8. The van der Waals surface area contributed by atoms with Crippen LogP contribution in [0.1, 0.15) is 28.8 Å². The molecule has 6 heteroatoms. The van der Waals surface area contributed by atoms with Crippen molar-refractivity contribution in [3.8, 4) is 11.5 Å². The molecule has 4 rings (SSSR count). The summed E-state index contributed by atoms with van der Waals surface area (Å²) in [5.74, 6) is 1.22. The third-order valence-electron chi connectivity index (χ3n) is 5.24. The van der Waals surface area contributed by atoms with Gasteiger partial charge in [-0.25, -0.2) is 0 Å². The lowest BCUT2D eigenvalue weighted by atomic mass is 10.2. The summed E-state index contributed by atoms with van der Waals surface area (Å²) >= 11 is 3.50. The minimum atomic E-state index is -0.196. The van der Waals surface area contributed by atoms with E-state index in [4.69, 9.17) is 14.2 Å². The summed E-state index contributed by atoms with van der Waals surface area (Å²) in [6.45, 7) is 1.89. The zero-order valence-corrected chi connectivity index (χ0v) is 19.3. The van der Waals surface area contributed by atoms with E-state index in [0.29, 0.717) is 30.2 Å². The van der Waals surface area contributed by atoms with Gasteiger partial charge in [-0.2, -0.15) is 0 Å². The lowest BCUT2D eigenvalue weighted by Crippen LogP contribution is -2.16. The zero-order chi connectivity index (χ0) is 22.2. The standard InChI is InChI=1S/C26H26BrNO4/c27-24-16-20(11-12-25(24)32-18-23-10-5-14-30-23)26(29)28-21-8-4-9-22(17-21)31-15-13-19-6-2-1-3-7-19/h1-4,6-9,11-12,16-17,23H,5,10,13-15,18H2,(H,28,29). The molecule has 3 aromatic rings. The van der Waals surface area contributed by atoms with Gasteiger partial charge in [0.1, 0.15) is 18.1 Å². The Hall–Kier alpha value is -2.83. The van der Waals surface area contributed by atoms with Gasteiger partial charge in [0.25, 0.3) is 5.91 Å². The Bertz CT molecular complexity index is 1040. The van der Waals surface area contributed by atoms with Crippen LogP contribution in [0.25, 0.3) is 0 Å². The van der Waals surface area contributed by atoms with Crippen molar-refractivity contribution in [2.24, 2.45) is 0 Å². The predicted octanol–water partition coefficient (Wildman–Crippen LogP) is 5.88. The molecular formula is C26H26BrNO4. The highest BCUT2D eigenvalue weighted by atomic mass is 79.9. The van der Waals surface area contributed by atoms with Crippen molar-refractivity contribution in [1.82, 2.24) is 0 Å². The second kappa shape index (κ2) is 11.2. The average Bonchev–Trinajstić information content (AvgIpc) is 3.33. The lowest BCUT2D eigenvalue weighted by Gasteiger charge is -2.13. The molecule has 1 saturated heterocycles. The van der Waals surface area contributed by atoms with Crippen LogP contribution >= 0.6 is 15.9 Å². The van der Waals surface area contributed by atoms with Gasteiger partial charge in [0.2, 0.25) is 0 Å². The normalized spacial score (nSPS) is 15.3. The van der Waals surface area contributed by atoms with E-state index in [9.17, 15) is 4.79 Å². The average molecular weight is 496 g/mol. The van der Waals surface area contributed by atoms with Crippen molar-refractivity contribution >= 4 is 27.5 Å². The maximum Gasteiger partial charge on any atom is 0.255 e. The van der Waals surface area contributed by atoms with Crippen LogP contribution in [0.5, 0.6) is 11.5 Å². The molecule has 1 heterocycles. The molecule has 0 bridgehead atoms. The Morgan fingerprint density at radius 1 is 1.03 bits per heavy atom. The van der Waals surface area contributed by atoms with Gasteiger partial charge >= 0.3 is 0 Å². The van der Waals surface area contributed by atoms with Crippen molar-refractivity contribution in [3.05, 3.63) is 88.4 Å². The van der Waals surface area contributed by atoms with Crippen LogP contribution in [0, 0.1) is 0 Å². The Labute approximate surface area is 196 Å². The summed E-state index contributed by atoms with van der Waals surface area (Å²) in [4.78, 5) is 12.7. The molecule has 1 N–H and O–H groups in total. The Morgan fingerprint density at radius 2 is 1.91 bits per heavy atom. The number of nitrogens with one attached hydrogen (secondary N) is 1. The minimum Gasteiger partial charge on any atom is -0.493 e. The SMILES string of the molecule is O=C(Nc1cccc(OCCc2ccccc2)c1)c1ccc(OCC2CCCO2)c(Br)c1. The molecule has 1 fully saturated rings. The highest BCUT2D eigenvalue weighted by molar-refractivity contribution is 9.10. The highest BCUT2D eigenvalue weighted by Crippen LogP contribution is 2.28. The number of amides is 1. The number of rotatable bonds is 9. The quantitative estimate of drug-likeness (QED) is 0.402. The molecule has 5 nitrogen and oxygen atoms in total. The van der Waals surface area contributed by atoms with Gasteiger partial charge in [-0.3, -0.25) is 4.79 Å². The van der Waals surface area contributed by atoms with Crippen LogP contribution in [0.15, 0.2) is 77.3 Å². The molecule has 0 saturated carbocycles. The van der Waals surface area contributed by atoms with E-state index in [1.807, 2.05) is 42.5 Å². The van der Waals surface area contributed by atoms with Crippen LogP contribution in [0.2, 0.25) is 0 Å². The van der Waals surface area contributed by atoms with Gasteiger partial charge in [0, 0.05) is 30.3 Å². The smallest absolute Gasteiger partial charge is 0.255 e. The molecule has 1 aliphatic rings. The van der Waals surface area contributed by atoms with E-state index in [1.165, 1.54) is 5.56 Å². The first-order chi connectivity index (χ1) is 15.7. The van der Waals surface area contributed by atoms with Crippen LogP contribution in [-0.4, -0.2) is 31.8 Å². The molecule has 0 aliphatic carbocycles. The Balaban J connectivity index is 1.31. The summed E-state index contributed by atoms with van der Waals surface area (Å²) in [6.07, 6.45) is 3.07. The number of carbonyl (C=O) groups excluding carboxylic acids is 1. The number of hydrogen-bond acceptors (Lipinski definition) is 4. The van der Waals surface area contributed by atoms with Crippen molar-refractivity contribution in [3.63, 3.8) is 0 Å². The van der Waals surface area contributed by atoms with Gasteiger partial charge in [0.15, 0.2) is 0 Å². The van der Waals surface area contributed by atoms with Crippen molar-refractivity contribution in [1.29, 1.82) is 0 Å².